The van der Waals surface area contributed by atoms with Crippen molar-refractivity contribution in [1.29, 1.82) is 0 Å². The van der Waals surface area contributed by atoms with Crippen molar-refractivity contribution in [1.82, 2.24) is 29.4 Å². The molecule has 1 amide bonds. The van der Waals surface area contributed by atoms with Gasteiger partial charge in [0.05, 0.1) is 12.7 Å². The van der Waals surface area contributed by atoms with Crippen molar-refractivity contribution in [2.75, 3.05) is 31.5 Å². The van der Waals surface area contributed by atoms with Gasteiger partial charge in [0.15, 0.2) is 5.65 Å². The molecule has 4 heterocycles. The van der Waals surface area contributed by atoms with Crippen LogP contribution in [-0.2, 0) is 0 Å². The highest BCUT2D eigenvalue weighted by Crippen LogP contribution is 2.31. The minimum absolute atomic E-state index is 0.0133. The van der Waals surface area contributed by atoms with E-state index in [1.54, 1.807) is 9.42 Å². The molecular formula is C23H33N7O2. The summed E-state index contributed by atoms with van der Waals surface area (Å²) in [5.74, 6) is 8.10. The minimum atomic E-state index is -0.825. The van der Waals surface area contributed by atoms with Crippen LogP contribution in [0.1, 0.15) is 57.3 Å². The van der Waals surface area contributed by atoms with Crippen LogP contribution in [0.2, 0.25) is 0 Å². The van der Waals surface area contributed by atoms with E-state index in [0.717, 1.165) is 50.1 Å². The molecule has 0 spiro atoms. The highest BCUT2D eigenvalue weighted by atomic mass is 16.4. The van der Waals surface area contributed by atoms with Gasteiger partial charge in [-0.2, -0.15) is 14.6 Å². The molecule has 3 atom stereocenters. The Kier molecular flexibility index (Phi) is 6.51. The first-order valence-electron chi connectivity index (χ1n) is 11.5. The number of likely N-dealkylation sites (tertiary alicyclic amines) is 2. The molecule has 2 unspecified atom stereocenters. The van der Waals surface area contributed by atoms with Crippen LogP contribution >= 0.6 is 0 Å². The zero-order valence-corrected chi connectivity index (χ0v) is 19.4. The summed E-state index contributed by atoms with van der Waals surface area (Å²) in [6.45, 7) is 11.1. The molecule has 9 heteroatoms. The van der Waals surface area contributed by atoms with E-state index in [1.165, 1.54) is 0 Å². The van der Waals surface area contributed by atoms with Gasteiger partial charge in [-0.05, 0) is 51.5 Å². The molecule has 0 bridgehead atoms. The molecule has 2 N–H and O–H groups in total. The number of rotatable bonds is 5. The van der Waals surface area contributed by atoms with Gasteiger partial charge in [0.25, 0.3) is 0 Å². The lowest BCUT2D eigenvalue weighted by Gasteiger charge is -2.41. The van der Waals surface area contributed by atoms with Crippen molar-refractivity contribution >= 4 is 17.7 Å². The zero-order chi connectivity index (χ0) is 22.8. The number of carbonyl (C=O) groups is 1. The molecule has 2 aliphatic heterocycles. The van der Waals surface area contributed by atoms with E-state index in [9.17, 15) is 9.90 Å². The number of amides is 1. The first-order chi connectivity index (χ1) is 15.4. The van der Waals surface area contributed by atoms with E-state index in [2.05, 4.69) is 51.0 Å². The number of anilines is 1. The lowest BCUT2D eigenvalue weighted by atomic mass is 9.87. The summed E-state index contributed by atoms with van der Waals surface area (Å²) in [4.78, 5) is 25.1. The largest absolute Gasteiger partial charge is 0.465 e. The van der Waals surface area contributed by atoms with Crippen molar-refractivity contribution in [2.45, 2.75) is 65.0 Å². The molecule has 2 aromatic rings. The summed E-state index contributed by atoms with van der Waals surface area (Å²) >= 11 is 0. The van der Waals surface area contributed by atoms with Crippen LogP contribution < -0.4 is 5.32 Å². The second kappa shape index (κ2) is 9.33. The minimum Gasteiger partial charge on any atom is -0.465 e. The average molecular weight is 440 g/mol. The van der Waals surface area contributed by atoms with Crippen molar-refractivity contribution < 1.29 is 9.90 Å². The molecule has 2 aliphatic rings. The van der Waals surface area contributed by atoms with E-state index < -0.39 is 6.09 Å². The topological polar surface area (TPSA) is 98.9 Å². The summed E-state index contributed by atoms with van der Waals surface area (Å²) in [6, 6.07) is 0.116. The van der Waals surface area contributed by atoms with Gasteiger partial charge in [0.2, 0.25) is 5.95 Å². The average Bonchev–Trinajstić information content (AvgIpc) is 3.39. The van der Waals surface area contributed by atoms with E-state index in [1.807, 2.05) is 20.0 Å². The maximum absolute atomic E-state index is 12.0. The number of hydrogen-bond donors (Lipinski definition) is 2. The summed E-state index contributed by atoms with van der Waals surface area (Å²) in [5, 5.41) is 17.9. The van der Waals surface area contributed by atoms with E-state index in [-0.39, 0.29) is 12.1 Å². The molecule has 9 nitrogen and oxygen atoms in total. The number of nitrogens with zero attached hydrogens (tertiary/aromatic N) is 6. The normalized spacial score (nSPS) is 24.0. The van der Waals surface area contributed by atoms with Crippen LogP contribution in [0.15, 0.2) is 6.20 Å². The Morgan fingerprint density at radius 3 is 2.84 bits per heavy atom. The Hall–Kier alpha value is -2.86. The van der Waals surface area contributed by atoms with Crippen LogP contribution in [0.4, 0.5) is 10.7 Å². The second-order valence-electron chi connectivity index (χ2n) is 9.20. The number of carboxylic acid groups (broad SMARTS) is 1. The quantitative estimate of drug-likeness (QED) is 0.691. The number of hydrogen-bond acceptors (Lipinski definition) is 6. The van der Waals surface area contributed by atoms with E-state index in [0.29, 0.717) is 30.2 Å². The molecule has 0 aromatic carbocycles. The molecule has 2 aromatic heterocycles. The highest BCUT2D eigenvalue weighted by molar-refractivity contribution is 5.65. The Balaban J connectivity index is 1.53. The van der Waals surface area contributed by atoms with Crippen molar-refractivity contribution in [3.05, 3.63) is 17.6 Å². The van der Waals surface area contributed by atoms with Crippen LogP contribution in [0.3, 0.4) is 0 Å². The summed E-state index contributed by atoms with van der Waals surface area (Å²) in [6.07, 6.45) is 3.53. The van der Waals surface area contributed by atoms with Crippen molar-refractivity contribution in [3.8, 4) is 11.8 Å². The van der Waals surface area contributed by atoms with E-state index in [4.69, 9.17) is 0 Å². The predicted molar refractivity (Wildman–Crippen MR) is 123 cm³/mol. The third-order valence-electron chi connectivity index (χ3n) is 6.69. The summed E-state index contributed by atoms with van der Waals surface area (Å²) in [5.41, 5.74) is 1.93. The maximum Gasteiger partial charge on any atom is 0.407 e. The Morgan fingerprint density at radius 1 is 1.31 bits per heavy atom. The number of aryl methyl sites for hydroxylation is 1. The molecular weight excluding hydrogens is 406 g/mol. The van der Waals surface area contributed by atoms with Crippen LogP contribution in [0.5, 0.6) is 0 Å². The van der Waals surface area contributed by atoms with Gasteiger partial charge in [-0.1, -0.05) is 19.8 Å². The smallest absolute Gasteiger partial charge is 0.407 e. The van der Waals surface area contributed by atoms with E-state index >= 15 is 0 Å². The SMILES string of the molecule is CC#CCN1CCC([C@@H]2CC(Nc3nc(C)nc4c(C(C)C)cnn34)CCN2C(=O)O)C1. The van der Waals surface area contributed by atoms with Gasteiger partial charge in [-0.3, -0.25) is 4.90 Å². The lowest BCUT2D eigenvalue weighted by molar-refractivity contribution is 0.0801. The molecule has 2 saturated heterocycles. The van der Waals surface area contributed by atoms with Gasteiger partial charge in [0, 0.05) is 30.7 Å². The Morgan fingerprint density at radius 2 is 2.12 bits per heavy atom. The molecule has 0 radical (unpaired) electrons. The first-order valence-corrected chi connectivity index (χ1v) is 11.5. The van der Waals surface area contributed by atoms with Gasteiger partial charge >= 0.3 is 6.09 Å². The predicted octanol–water partition coefficient (Wildman–Crippen LogP) is 2.82. The number of piperidine rings is 1. The second-order valence-corrected chi connectivity index (χ2v) is 9.20. The van der Waals surface area contributed by atoms with Gasteiger partial charge in [0.1, 0.15) is 5.82 Å². The number of fused-ring (bicyclic) bond motifs is 1. The lowest BCUT2D eigenvalue weighted by Crippen LogP contribution is -2.52. The fourth-order valence-corrected chi connectivity index (χ4v) is 5.01. The third kappa shape index (κ3) is 4.51. The summed E-state index contributed by atoms with van der Waals surface area (Å²) in [7, 11) is 0. The molecule has 172 valence electrons. The fraction of sp³-hybridized carbons (Fsp3) is 0.652. The number of nitrogens with one attached hydrogen (secondary N) is 1. The number of aromatic nitrogens is 4. The monoisotopic (exact) mass is 439 g/mol. The van der Waals surface area contributed by atoms with Gasteiger partial charge in [-0.15, -0.1) is 5.92 Å². The summed E-state index contributed by atoms with van der Waals surface area (Å²) < 4.78 is 1.78. The maximum atomic E-state index is 12.0. The molecule has 32 heavy (non-hydrogen) atoms. The molecule has 4 rings (SSSR count). The van der Waals surface area contributed by atoms with Gasteiger partial charge < -0.3 is 15.3 Å². The molecule has 0 saturated carbocycles. The van der Waals surface area contributed by atoms with Crippen LogP contribution in [-0.4, -0.2) is 78.8 Å². The third-order valence-corrected chi connectivity index (χ3v) is 6.69. The highest BCUT2D eigenvalue weighted by Gasteiger charge is 2.39. The zero-order valence-electron chi connectivity index (χ0n) is 19.4. The van der Waals surface area contributed by atoms with Crippen LogP contribution in [0, 0.1) is 24.7 Å². The van der Waals surface area contributed by atoms with Crippen molar-refractivity contribution in [2.24, 2.45) is 5.92 Å². The standard InChI is InChI=1S/C23H33N7O2/c1-5-6-9-28-10-7-17(14-28)20-12-18(8-11-29(20)23(31)32)27-22-26-16(4)25-21-19(15(2)3)13-24-30(21)22/h13,15,17-18,20H,7-12,14H2,1-4H3,(H,31,32)(H,25,26,27)/t17?,18?,20-/m0/s1. The fourth-order valence-electron chi connectivity index (χ4n) is 5.01. The van der Waals surface area contributed by atoms with Crippen LogP contribution in [0.25, 0.3) is 5.65 Å². The molecule has 2 fully saturated rings. The molecule has 0 aliphatic carbocycles. The first kappa shape index (κ1) is 22.3. The Labute approximate surface area is 189 Å². The van der Waals surface area contributed by atoms with Crippen molar-refractivity contribution in [3.63, 3.8) is 0 Å². The van der Waals surface area contributed by atoms with Gasteiger partial charge in [-0.25, -0.2) is 9.78 Å². The Bertz CT molecular complexity index is 1040.